The van der Waals surface area contributed by atoms with Crippen molar-refractivity contribution in [2.45, 2.75) is 41.2 Å². The number of rotatable bonds is 5. The van der Waals surface area contributed by atoms with Gasteiger partial charge in [0.2, 0.25) is 5.91 Å². The van der Waals surface area contributed by atoms with E-state index in [0.29, 0.717) is 11.1 Å². The van der Waals surface area contributed by atoms with Crippen LogP contribution in [0.3, 0.4) is 0 Å². The number of hydrogen-bond acceptors (Lipinski definition) is 2. The third-order valence-corrected chi connectivity index (χ3v) is 4.85. The molecule has 148 valence electrons. The minimum absolute atomic E-state index is 0.0467. The van der Waals surface area contributed by atoms with Crippen molar-refractivity contribution in [3.63, 3.8) is 0 Å². The summed E-state index contributed by atoms with van der Waals surface area (Å²) in [6.07, 6.45) is 2.69. The van der Waals surface area contributed by atoms with E-state index in [-0.39, 0.29) is 28.8 Å². The normalized spacial score (nSPS) is 11.7. The van der Waals surface area contributed by atoms with Crippen molar-refractivity contribution in [2.24, 2.45) is 5.41 Å². The zero-order valence-corrected chi connectivity index (χ0v) is 17.6. The minimum atomic E-state index is -0.565. The summed E-state index contributed by atoms with van der Waals surface area (Å²) < 4.78 is 14.9. The molecule has 2 rings (SSSR count). The van der Waals surface area contributed by atoms with Crippen molar-refractivity contribution < 1.29 is 14.0 Å². The second-order valence-electron chi connectivity index (χ2n) is 7.86. The van der Waals surface area contributed by atoms with Gasteiger partial charge in [-0.2, -0.15) is 0 Å². The summed E-state index contributed by atoms with van der Waals surface area (Å²) in [7, 11) is 0. The summed E-state index contributed by atoms with van der Waals surface area (Å²) in [4.78, 5) is 24.4. The van der Waals surface area contributed by atoms with Crippen LogP contribution < -0.4 is 5.32 Å². The first-order valence-electron chi connectivity index (χ1n) is 9.05. The molecule has 0 saturated carbocycles. The first-order chi connectivity index (χ1) is 13.0. The Morgan fingerprint density at radius 3 is 2.39 bits per heavy atom. The second-order valence-corrected chi connectivity index (χ2v) is 8.27. The summed E-state index contributed by atoms with van der Waals surface area (Å²) in [6.45, 7) is 9.30. The van der Waals surface area contributed by atoms with Gasteiger partial charge in [-0.25, -0.2) is 4.39 Å². The van der Waals surface area contributed by atoms with Crippen molar-refractivity contribution in [3.8, 4) is 0 Å². The molecule has 5 heteroatoms. The molecule has 0 fully saturated rings. The lowest BCUT2D eigenvalue weighted by atomic mass is 9.95. The van der Waals surface area contributed by atoms with Crippen molar-refractivity contribution in [2.75, 3.05) is 0 Å². The maximum atomic E-state index is 14.9. The maximum absolute atomic E-state index is 14.9. The Hall–Kier alpha value is -2.46. The quantitative estimate of drug-likeness (QED) is 0.519. The van der Waals surface area contributed by atoms with Gasteiger partial charge in [0.05, 0.1) is 5.02 Å². The van der Waals surface area contributed by atoms with Gasteiger partial charge in [-0.15, -0.1) is 0 Å². The summed E-state index contributed by atoms with van der Waals surface area (Å²) >= 11 is 6.12. The molecular formula is C23H25ClFNO2. The molecule has 0 aliphatic carbocycles. The number of benzene rings is 2. The number of amides is 1. The van der Waals surface area contributed by atoms with Gasteiger partial charge in [-0.3, -0.25) is 9.59 Å². The number of carbonyl (C=O) groups excluding carboxylic acids is 2. The third-order valence-electron chi connectivity index (χ3n) is 4.52. The van der Waals surface area contributed by atoms with E-state index in [9.17, 15) is 14.0 Å². The predicted octanol–water partition coefficient (Wildman–Crippen LogP) is 5.65. The number of hydrogen-bond donors (Lipinski definition) is 1. The molecule has 0 atom stereocenters. The van der Waals surface area contributed by atoms with E-state index in [1.807, 2.05) is 19.9 Å². The molecule has 0 unspecified atom stereocenters. The van der Waals surface area contributed by atoms with Gasteiger partial charge in [0, 0.05) is 28.7 Å². The maximum Gasteiger partial charge on any atom is 0.225 e. The highest BCUT2D eigenvalue weighted by atomic mass is 35.5. The Bertz CT molecular complexity index is 942. The lowest BCUT2D eigenvalue weighted by Crippen LogP contribution is -2.34. The average molecular weight is 402 g/mol. The first kappa shape index (κ1) is 21.8. The molecule has 0 spiro atoms. The topological polar surface area (TPSA) is 46.2 Å². The zero-order chi connectivity index (χ0) is 21.1. The Morgan fingerprint density at radius 2 is 1.79 bits per heavy atom. The fourth-order valence-corrected chi connectivity index (χ4v) is 2.70. The molecule has 2 aromatic rings. The van der Waals surface area contributed by atoms with E-state index in [0.717, 1.165) is 11.1 Å². The van der Waals surface area contributed by atoms with Crippen molar-refractivity contribution in [3.05, 3.63) is 75.1 Å². The van der Waals surface area contributed by atoms with Gasteiger partial charge in [-0.05, 0) is 49.3 Å². The highest BCUT2D eigenvalue weighted by Gasteiger charge is 2.21. The van der Waals surface area contributed by atoms with Crippen LogP contribution in [-0.2, 0) is 11.3 Å². The van der Waals surface area contributed by atoms with Crippen LogP contribution in [0, 0.1) is 25.1 Å². The number of ketones is 1. The van der Waals surface area contributed by atoms with Crippen molar-refractivity contribution in [1.29, 1.82) is 0 Å². The molecule has 0 aliphatic heterocycles. The van der Waals surface area contributed by atoms with Crippen LogP contribution in [0.15, 0.2) is 36.4 Å². The Labute approximate surface area is 170 Å². The van der Waals surface area contributed by atoms with Gasteiger partial charge in [0.15, 0.2) is 5.78 Å². The monoisotopic (exact) mass is 401 g/mol. The highest BCUT2D eigenvalue weighted by molar-refractivity contribution is 6.32. The van der Waals surface area contributed by atoms with E-state index < -0.39 is 11.2 Å². The van der Waals surface area contributed by atoms with Crippen LogP contribution >= 0.6 is 11.6 Å². The van der Waals surface area contributed by atoms with E-state index in [1.54, 1.807) is 39.0 Å². The van der Waals surface area contributed by atoms with Crippen LogP contribution in [0.2, 0.25) is 5.02 Å². The van der Waals surface area contributed by atoms with Gasteiger partial charge < -0.3 is 5.32 Å². The molecule has 3 nitrogen and oxygen atoms in total. The predicted molar refractivity (Wildman–Crippen MR) is 112 cm³/mol. The third kappa shape index (κ3) is 5.29. The molecule has 28 heavy (non-hydrogen) atoms. The molecule has 1 amide bonds. The molecule has 0 heterocycles. The SMILES string of the molecule is Cc1ccc(C(=O)C=Cc2c(Cl)ccc(CNC(=O)C(C)(C)C)c2F)cc1C. The van der Waals surface area contributed by atoms with Gasteiger partial charge in [-0.1, -0.05) is 50.6 Å². The van der Waals surface area contributed by atoms with Gasteiger partial charge in [0.1, 0.15) is 5.82 Å². The first-order valence-corrected chi connectivity index (χ1v) is 9.43. The van der Waals surface area contributed by atoms with E-state index >= 15 is 0 Å². The highest BCUT2D eigenvalue weighted by Crippen LogP contribution is 2.24. The molecule has 1 N–H and O–H groups in total. The van der Waals surface area contributed by atoms with Gasteiger partial charge >= 0.3 is 0 Å². The Kier molecular flexibility index (Phi) is 6.78. The number of carbonyl (C=O) groups is 2. The van der Waals surface area contributed by atoms with E-state index in [2.05, 4.69) is 5.32 Å². The largest absolute Gasteiger partial charge is 0.351 e. The molecular weight excluding hydrogens is 377 g/mol. The summed E-state index contributed by atoms with van der Waals surface area (Å²) in [5, 5.41) is 2.92. The standard InChI is InChI=1S/C23H25ClFNO2/c1-14-6-7-16(12-15(14)2)20(27)11-9-18-19(24)10-8-17(21(18)25)13-26-22(28)23(3,4)5/h6-12H,13H2,1-5H3,(H,26,28). The van der Waals surface area contributed by atoms with E-state index in [1.165, 1.54) is 18.2 Å². The molecule has 0 aromatic heterocycles. The fourth-order valence-electron chi connectivity index (χ4n) is 2.49. The molecule has 2 aromatic carbocycles. The minimum Gasteiger partial charge on any atom is -0.351 e. The summed E-state index contributed by atoms with van der Waals surface area (Å²) in [5.74, 6) is -0.959. The summed E-state index contributed by atoms with van der Waals surface area (Å²) in [5.41, 5.74) is 2.51. The van der Waals surface area contributed by atoms with Crippen LogP contribution in [-0.4, -0.2) is 11.7 Å². The van der Waals surface area contributed by atoms with Crippen molar-refractivity contribution >= 4 is 29.4 Å². The lowest BCUT2D eigenvalue weighted by molar-refractivity contribution is -0.128. The van der Waals surface area contributed by atoms with Crippen LogP contribution in [0.25, 0.3) is 6.08 Å². The van der Waals surface area contributed by atoms with E-state index in [4.69, 9.17) is 11.6 Å². The average Bonchev–Trinajstić information content (AvgIpc) is 2.61. The number of allylic oxidation sites excluding steroid dienone is 1. The second kappa shape index (κ2) is 8.70. The molecule has 0 radical (unpaired) electrons. The Balaban J connectivity index is 2.23. The molecule has 0 saturated heterocycles. The Morgan fingerprint density at radius 1 is 1.11 bits per heavy atom. The fraction of sp³-hybridized carbons (Fsp3) is 0.304. The number of halogens is 2. The van der Waals surface area contributed by atoms with Crippen LogP contribution in [0.4, 0.5) is 4.39 Å². The molecule has 0 bridgehead atoms. The summed E-state index contributed by atoms with van der Waals surface area (Å²) in [6, 6.07) is 8.51. The lowest BCUT2D eigenvalue weighted by Gasteiger charge is -2.18. The zero-order valence-electron chi connectivity index (χ0n) is 16.8. The smallest absolute Gasteiger partial charge is 0.225 e. The van der Waals surface area contributed by atoms with Gasteiger partial charge in [0.25, 0.3) is 0 Å². The number of aryl methyl sites for hydroxylation is 2. The van der Waals surface area contributed by atoms with Crippen LogP contribution in [0.1, 0.15) is 53.4 Å². The van der Waals surface area contributed by atoms with Crippen molar-refractivity contribution in [1.82, 2.24) is 5.32 Å². The molecule has 0 aliphatic rings. The van der Waals surface area contributed by atoms with Crippen LogP contribution in [0.5, 0.6) is 0 Å². The number of nitrogens with one attached hydrogen (secondary N) is 1.